The number of anilines is 1. The lowest BCUT2D eigenvalue weighted by Crippen LogP contribution is -2.16. The minimum absolute atomic E-state index is 0.0446. The topological polar surface area (TPSA) is 83.5 Å². The monoisotopic (exact) mass is 343 g/mol. The van der Waals surface area contributed by atoms with E-state index in [0.717, 1.165) is 12.1 Å². The molecule has 0 bridgehead atoms. The Morgan fingerprint density at radius 2 is 1.95 bits per heavy atom. The van der Waals surface area contributed by atoms with Crippen molar-refractivity contribution in [3.05, 3.63) is 58.4 Å². The van der Waals surface area contributed by atoms with Gasteiger partial charge in [-0.15, -0.1) is 0 Å². The number of nitrogens with one attached hydrogen (secondary N) is 1. The molecule has 2 N–H and O–H groups in total. The number of halogens is 2. The Morgan fingerprint density at radius 3 is 2.55 bits per heavy atom. The standard InChI is InChI=1S/C14H11ClFNO4S/c1-8-10(14(18)19)3-2-4-12(8)17-22(20,21)13-6-5-9(15)7-11(13)16/h2-7,17H,1H3,(H,18,19). The van der Waals surface area contributed by atoms with Crippen LogP contribution in [0.25, 0.3) is 0 Å². The first-order valence-electron chi connectivity index (χ1n) is 6.03. The average molecular weight is 344 g/mol. The molecule has 22 heavy (non-hydrogen) atoms. The summed E-state index contributed by atoms with van der Waals surface area (Å²) < 4.78 is 40.4. The van der Waals surface area contributed by atoms with Crippen LogP contribution in [0.4, 0.5) is 10.1 Å². The summed E-state index contributed by atoms with van der Waals surface area (Å²) in [6.07, 6.45) is 0. The van der Waals surface area contributed by atoms with Crippen molar-refractivity contribution in [2.24, 2.45) is 0 Å². The van der Waals surface area contributed by atoms with Gasteiger partial charge in [-0.25, -0.2) is 17.6 Å². The van der Waals surface area contributed by atoms with E-state index in [1.165, 1.54) is 31.2 Å². The number of carboxylic acids is 1. The van der Waals surface area contributed by atoms with Gasteiger partial charge in [-0.1, -0.05) is 17.7 Å². The quantitative estimate of drug-likeness (QED) is 0.892. The Bertz CT molecular complexity index is 852. The van der Waals surface area contributed by atoms with E-state index in [1.807, 2.05) is 0 Å². The number of hydrogen-bond acceptors (Lipinski definition) is 3. The summed E-state index contributed by atoms with van der Waals surface area (Å²) in [6.45, 7) is 1.46. The number of carboxylic acid groups (broad SMARTS) is 1. The molecular weight excluding hydrogens is 333 g/mol. The van der Waals surface area contributed by atoms with Gasteiger partial charge in [0.1, 0.15) is 10.7 Å². The SMILES string of the molecule is Cc1c(NS(=O)(=O)c2ccc(Cl)cc2F)cccc1C(=O)O. The average Bonchev–Trinajstić information content (AvgIpc) is 2.40. The van der Waals surface area contributed by atoms with Gasteiger partial charge in [0.25, 0.3) is 10.0 Å². The zero-order chi connectivity index (χ0) is 16.5. The third kappa shape index (κ3) is 3.20. The van der Waals surface area contributed by atoms with E-state index in [9.17, 15) is 17.6 Å². The minimum Gasteiger partial charge on any atom is -0.478 e. The smallest absolute Gasteiger partial charge is 0.336 e. The maximum atomic E-state index is 13.8. The fourth-order valence-electron chi connectivity index (χ4n) is 1.87. The molecule has 0 saturated carbocycles. The van der Waals surface area contributed by atoms with Gasteiger partial charge >= 0.3 is 5.97 Å². The lowest BCUT2D eigenvalue weighted by atomic mass is 10.1. The van der Waals surface area contributed by atoms with Crippen molar-refractivity contribution >= 4 is 33.3 Å². The van der Waals surface area contributed by atoms with Gasteiger partial charge < -0.3 is 5.11 Å². The van der Waals surface area contributed by atoms with Crippen LogP contribution in [0.5, 0.6) is 0 Å². The van der Waals surface area contributed by atoms with Gasteiger partial charge in [0, 0.05) is 5.02 Å². The third-order valence-electron chi connectivity index (χ3n) is 2.99. The highest BCUT2D eigenvalue weighted by Crippen LogP contribution is 2.25. The maximum absolute atomic E-state index is 13.8. The minimum atomic E-state index is -4.20. The van der Waals surface area contributed by atoms with Crippen LogP contribution in [0.2, 0.25) is 5.02 Å². The molecule has 8 heteroatoms. The summed E-state index contributed by atoms with van der Waals surface area (Å²) in [6, 6.07) is 7.31. The molecule has 2 aromatic rings. The van der Waals surface area contributed by atoms with Crippen molar-refractivity contribution in [3.63, 3.8) is 0 Å². The van der Waals surface area contributed by atoms with Crippen LogP contribution >= 0.6 is 11.6 Å². The highest BCUT2D eigenvalue weighted by atomic mass is 35.5. The molecule has 0 aliphatic carbocycles. The molecule has 0 saturated heterocycles. The first kappa shape index (κ1) is 16.3. The molecule has 116 valence electrons. The molecule has 0 amide bonds. The molecule has 2 rings (SSSR count). The van der Waals surface area contributed by atoms with E-state index in [0.29, 0.717) is 0 Å². The van der Waals surface area contributed by atoms with Crippen LogP contribution in [0.15, 0.2) is 41.3 Å². The fourth-order valence-corrected chi connectivity index (χ4v) is 3.21. The number of carbonyl (C=O) groups is 1. The molecule has 0 fully saturated rings. The van der Waals surface area contributed by atoms with E-state index in [2.05, 4.69) is 4.72 Å². The number of hydrogen-bond donors (Lipinski definition) is 2. The predicted octanol–water partition coefficient (Wildman–Crippen LogP) is 3.29. The summed E-state index contributed by atoms with van der Waals surface area (Å²) in [7, 11) is -4.20. The fraction of sp³-hybridized carbons (Fsp3) is 0.0714. The van der Waals surface area contributed by atoms with Crippen LogP contribution < -0.4 is 4.72 Å². The Labute approximate surface area is 131 Å². The Hall–Kier alpha value is -2.12. The maximum Gasteiger partial charge on any atom is 0.336 e. The van der Waals surface area contributed by atoms with E-state index in [-0.39, 0.29) is 21.8 Å². The zero-order valence-electron chi connectivity index (χ0n) is 11.3. The lowest BCUT2D eigenvalue weighted by Gasteiger charge is -2.12. The van der Waals surface area contributed by atoms with Gasteiger partial charge in [-0.3, -0.25) is 4.72 Å². The van der Waals surface area contributed by atoms with Gasteiger partial charge in [0.05, 0.1) is 11.3 Å². The molecule has 0 atom stereocenters. The van der Waals surface area contributed by atoms with Crippen LogP contribution in [0, 0.1) is 12.7 Å². The van der Waals surface area contributed by atoms with Crippen molar-refractivity contribution in [2.45, 2.75) is 11.8 Å². The first-order chi connectivity index (χ1) is 10.2. The van der Waals surface area contributed by atoms with Crippen molar-refractivity contribution in [1.29, 1.82) is 0 Å². The van der Waals surface area contributed by atoms with Crippen LogP contribution in [-0.2, 0) is 10.0 Å². The molecule has 0 aliphatic heterocycles. The number of rotatable bonds is 4. The number of aromatic carboxylic acids is 1. The molecule has 0 spiro atoms. The lowest BCUT2D eigenvalue weighted by molar-refractivity contribution is 0.0696. The summed E-state index contributed by atoms with van der Waals surface area (Å²) in [5.41, 5.74) is 0.249. The molecule has 5 nitrogen and oxygen atoms in total. The highest BCUT2D eigenvalue weighted by Gasteiger charge is 2.21. The third-order valence-corrected chi connectivity index (χ3v) is 4.63. The predicted molar refractivity (Wildman–Crippen MR) is 80.4 cm³/mol. The Balaban J connectivity index is 2.46. The zero-order valence-corrected chi connectivity index (χ0v) is 12.9. The van der Waals surface area contributed by atoms with Crippen LogP contribution in [-0.4, -0.2) is 19.5 Å². The van der Waals surface area contributed by atoms with E-state index in [1.54, 1.807) is 0 Å². The summed E-state index contributed by atoms with van der Waals surface area (Å²) in [5.74, 6) is -2.18. The highest BCUT2D eigenvalue weighted by molar-refractivity contribution is 7.92. The molecule has 0 radical (unpaired) electrons. The van der Waals surface area contributed by atoms with E-state index in [4.69, 9.17) is 16.7 Å². The van der Waals surface area contributed by atoms with Crippen LogP contribution in [0.3, 0.4) is 0 Å². The van der Waals surface area contributed by atoms with Crippen molar-refractivity contribution in [2.75, 3.05) is 4.72 Å². The van der Waals surface area contributed by atoms with Crippen LogP contribution in [0.1, 0.15) is 15.9 Å². The van der Waals surface area contributed by atoms with Gasteiger partial charge in [0.2, 0.25) is 0 Å². The van der Waals surface area contributed by atoms with E-state index < -0.39 is 26.7 Å². The molecule has 0 unspecified atom stereocenters. The first-order valence-corrected chi connectivity index (χ1v) is 7.89. The van der Waals surface area contributed by atoms with Gasteiger partial charge in [-0.05, 0) is 42.8 Å². The summed E-state index contributed by atoms with van der Waals surface area (Å²) in [5, 5.41) is 9.10. The second-order valence-electron chi connectivity index (χ2n) is 4.46. The Morgan fingerprint density at radius 1 is 1.27 bits per heavy atom. The molecule has 0 heterocycles. The van der Waals surface area contributed by atoms with E-state index >= 15 is 0 Å². The number of sulfonamides is 1. The summed E-state index contributed by atoms with van der Waals surface area (Å²) in [4.78, 5) is 10.5. The van der Waals surface area contributed by atoms with Crippen molar-refractivity contribution in [3.8, 4) is 0 Å². The summed E-state index contributed by atoms with van der Waals surface area (Å²) >= 11 is 5.59. The van der Waals surface area contributed by atoms with Gasteiger partial charge in [0.15, 0.2) is 0 Å². The second-order valence-corrected chi connectivity index (χ2v) is 6.55. The normalized spacial score (nSPS) is 11.2. The van der Waals surface area contributed by atoms with Crippen molar-refractivity contribution in [1.82, 2.24) is 0 Å². The Kier molecular flexibility index (Phi) is 4.39. The number of benzene rings is 2. The molecule has 0 aromatic heterocycles. The second kappa shape index (κ2) is 5.94. The molecule has 0 aliphatic rings. The largest absolute Gasteiger partial charge is 0.478 e. The molecule has 2 aromatic carbocycles. The van der Waals surface area contributed by atoms with Gasteiger partial charge in [-0.2, -0.15) is 0 Å². The van der Waals surface area contributed by atoms with Crippen molar-refractivity contribution < 1.29 is 22.7 Å². The molecular formula is C14H11ClFNO4S.